The van der Waals surface area contributed by atoms with Gasteiger partial charge in [0.15, 0.2) is 17.7 Å². The molecule has 2 aromatic rings. The molecule has 16 heteroatoms. The van der Waals surface area contributed by atoms with Crippen molar-refractivity contribution in [2.45, 2.75) is 135 Å². The van der Waals surface area contributed by atoms with Crippen molar-refractivity contribution in [3.05, 3.63) is 23.8 Å². The number of aliphatic imine (C=N–C) groups is 1. The van der Waals surface area contributed by atoms with Gasteiger partial charge in [0.25, 0.3) is 6.01 Å². The second-order valence-corrected chi connectivity index (χ2v) is 16.8. The number of ether oxygens (including phenoxy) is 5. The first-order chi connectivity index (χ1) is 26.8. The summed E-state index contributed by atoms with van der Waals surface area (Å²) in [4.78, 5) is 45.0. The molecule has 0 unspecified atom stereocenters. The van der Waals surface area contributed by atoms with Crippen LogP contribution < -0.4 is 5.73 Å². The SMILES string of the molecule is CC[C@H]1OC(=O)[C@H](C)C(=O)[C@H](C)[C@@H](O[C@@H]2O[C@H](C)C[C@H](N(C)C)[C@H]2O)[C@@]2(C)C[C@@H](C)C(=NC)[C@H](C)[C@@H](OC/C(=N\OCc3ccc4oc(N)nc4c3)CO2)[C@]1(C)O. The summed E-state index contributed by atoms with van der Waals surface area (Å²) < 4.78 is 37.9. The quantitative estimate of drug-likeness (QED) is 0.206. The van der Waals surface area contributed by atoms with Crippen LogP contribution in [0.15, 0.2) is 32.8 Å². The van der Waals surface area contributed by atoms with E-state index in [9.17, 15) is 19.8 Å². The molecule has 0 aliphatic carbocycles. The predicted octanol–water partition coefficient (Wildman–Crippen LogP) is 3.93. The molecule has 57 heavy (non-hydrogen) atoms. The van der Waals surface area contributed by atoms with Crippen LogP contribution in [0.5, 0.6) is 0 Å². The molecule has 3 saturated heterocycles. The Morgan fingerprint density at radius 1 is 1.09 bits per heavy atom. The van der Waals surface area contributed by atoms with Crippen LogP contribution in [0.3, 0.4) is 0 Å². The minimum Gasteiger partial charge on any atom is -0.459 e. The molecule has 1 aromatic carbocycles. The van der Waals surface area contributed by atoms with Crippen molar-refractivity contribution >= 4 is 40.3 Å². The molecule has 0 radical (unpaired) electrons. The highest BCUT2D eigenvalue weighted by Gasteiger charge is 2.53. The fraction of sp³-hybridized carbons (Fsp3) is 0.732. The van der Waals surface area contributed by atoms with Gasteiger partial charge in [0.2, 0.25) is 0 Å². The zero-order chi connectivity index (χ0) is 42.0. The van der Waals surface area contributed by atoms with Gasteiger partial charge >= 0.3 is 5.97 Å². The van der Waals surface area contributed by atoms with Crippen molar-refractivity contribution in [1.29, 1.82) is 0 Å². The van der Waals surface area contributed by atoms with E-state index in [0.29, 0.717) is 23.2 Å². The largest absolute Gasteiger partial charge is 0.459 e. The summed E-state index contributed by atoms with van der Waals surface area (Å²) in [6, 6.07) is 5.12. The number of ketones is 1. The summed E-state index contributed by atoms with van der Waals surface area (Å²) in [5.74, 6) is -4.22. The number of nitrogens with zero attached hydrogens (tertiary/aromatic N) is 4. The lowest BCUT2D eigenvalue weighted by molar-refractivity contribution is -0.296. The summed E-state index contributed by atoms with van der Waals surface area (Å²) in [6.45, 7) is 14.1. The second kappa shape index (κ2) is 18.2. The number of nitrogen functional groups attached to an aromatic ring is 1. The number of anilines is 1. The number of hydrogen-bond acceptors (Lipinski definition) is 16. The van der Waals surface area contributed by atoms with Crippen LogP contribution in [0, 0.1) is 23.7 Å². The molecule has 5 rings (SSSR count). The number of carbonyl (C=O) groups excluding carboxylic acids is 2. The van der Waals surface area contributed by atoms with Gasteiger partial charge in [0.05, 0.1) is 37.1 Å². The van der Waals surface area contributed by atoms with E-state index in [1.165, 1.54) is 6.92 Å². The third-order valence-corrected chi connectivity index (χ3v) is 12.0. The van der Waals surface area contributed by atoms with Gasteiger partial charge in [0, 0.05) is 30.6 Å². The van der Waals surface area contributed by atoms with E-state index in [-0.39, 0.29) is 56.7 Å². The van der Waals surface area contributed by atoms with Crippen LogP contribution in [0.25, 0.3) is 11.1 Å². The number of aliphatic hydroxyl groups excluding tert-OH is 1. The summed E-state index contributed by atoms with van der Waals surface area (Å²) in [7, 11) is 5.46. The van der Waals surface area contributed by atoms with Crippen molar-refractivity contribution < 1.29 is 52.7 Å². The van der Waals surface area contributed by atoms with Gasteiger partial charge in [-0.1, -0.05) is 38.9 Å². The van der Waals surface area contributed by atoms with Crippen LogP contribution in [-0.4, -0.2) is 132 Å². The summed E-state index contributed by atoms with van der Waals surface area (Å²) >= 11 is 0. The van der Waals surface area contributed by atoms with E-state index >= 15 is 0 Å². The number of cyclic esters (lactones) is 1. The molecule has 16 nitrogen and oxygen atoms in total. The van der Waals surface area contributed by atoms with E-state index in [1.54, 1.807) is 40.0 Å². The van der Waals surface area contributed by atoms with Crippen LogP contribution in [0.4, 0.5) is 6.01 Å². The summed E-state index contributed by atoms with van der Waals surface area (Å²) in [6.07, 6.45) is -4.45. The Morgan fingerprint density at radius 2 is 1.81 bits per heavy atom. The number of rotatable bonds is 7. The van der Waals surface area contributed by atoms with Gasteiger partial charge in [-0.2, -0.15) is 4.98 Å². The fourth-order valence-corrected chi connectivity index (χ4v) is 8.92. The number of fused-ring (bicyclic) bond motifs is 6. The number of esters is 1. The average Bonchev–Trinajstić information content (AvgIpc) is 3.52. The van der Waals surface area contributed by atoms with Crippen LogP contribution in [0.1, 0.15) is 80.2 Å². The third-order valence-electron chi connectivity index (χ3n) is 12.0. The number of aliphatic hydroxyl groups is 2. The number of hydrogen-bond donors (Lipinski definition) is 3. The molecule has 13 atom stereocenters. The van der Waals surface area contributed by atoms with E-state index in [1.807, 2.05) is 52.8 Å². The number of carbonyl (C=O) groups is 2. The molecule has 0 amide bonds. The van der Waals surface area contributed by atoms with Crippen molar-refractivity contribution in [1.82, 2.24) is 9.88 Å². The monoisotopic (exact) mass is 801 g/mol. The Balaban J connectivity index is 1.62. The molecule has 3 aliphatic rings. The lowest BCUT2D eigenvalue weighted by Crippen LogP contribution is -2.60. The maximum absolute atomic E-state index is 14.4. The number of benzene rings is 1. The molecule has 1 aromatic heterocycles. The Hall–Kier alpha value is -3.51. The third kappa shape index (κ3) is 9.69. The smallest absolute Gasteiger partial charge is 0.316 e. The Bertz CT molecular complexity index is 1780. The molecule has 4 N–H and O–H groups in total. The highest BCUT2D eigenvalue weighted by molar-refractivity contribution is 6.00. The van der Waals surface area contributed by atoms with Gasteiger partial charge in [-0.3, -0.25) is 14.6 Å². The number of nitrogens with two attached hydrogens (primary N) is 1. The lowest BCUT2D eigenvalue weighted by Gasteiger charge is -2.47. The molecule has 4 heterocycles. The number of oxazole rings is 1. The lowest BCUT2D eigenvalue weighted by atomic mass is 9.73. The second-order valence-electron chi connectivity index (χ2n) is 16.8. The molecule has 3 aliphatic heterocycles. The minimum absolute atomic E-state index is 0.0585. The van der Waals surface area contributed by atoms with E-state index in [4.69, 9.17) is 43.7 Å². The molecular formula is C41H63N5O11. The zero-order valence-electron chi connectivity index (χ0n) is 35.3. The highest BCUT2D eigenvalue weighted by atomic mass is 16.7. The molecule has 0 saturated carbocycles. The van der Waals surface area contributed by atoms with Gasteiger partial charge in [-0.15, -0.1) is 0 Å². The normalized spacial score (nSPS) is 39.2. The van der Waals surface area contributed by atoms with Gasteiger partial charge in [0.1, 0.15) is 41.6 Å². The van der Waals surface area contributed by atoms with Crippen molar-refractivity contribution in [2.75, 3.05) is 40.1 Å². The first-order valence-corrected chi connectivity index (χ1v) is 20.0. The van der Waals surface area contributed by atoms with E-state index < -0.39 is 71.4 Å². The van der Waals surface area contributed by atoms with Crippen LogP contribution in [-0.2, 0) is 44.7 Å². The van der Waals surface area contributed by atoms with Crippen LogP contribution in [0.2, 0.25) is 0 Å². The number of oxime groups is 1. The number of aromatic nitrogens is 1. The first kappa shape index (κ1) is 44.6. The molecule has 2 bridgehead atoms. The average molecular weight is 802 g/mol. The molecular weight excluding hydrogens is 738 g/mol. The van der Waals surface area contributed by atoms with E-state index in [0.717, 1.165) is 11.3 Å². The maximum Gasteiger partial charge on any atom is 0.316 e. The summed E-state index contributed by atoms with van der Waals surface area (Å²) in [5, 5.41) is 28.5. The topological polar surface area (TPSA) is 210 Å². The van der Waals surface area contributed by atoms with Crippen molar-refractivity contribution in [3.8, 4) is 0 Å². The van der Waals surface area contributed by atoms with E-state index in [2.05, 4.69) is 10.1 Å². The minimum atomic E-state index is -1.74. The number of likely N-dealkylation sites (N-methyl/N-ethyl adjacent to an activating group) is 1. The van der Waals surface area contributed by atoms with Crippen molar-refractivity contribution in [3.63, 3.8) is 0 Å². The fourth-order valence-electron chi connectivity index (χ4n) is 8.92. The maximum atomic E-state index is 14.4. The first-order valence-electron chi connectivity index (χ1n) is 20.0. The van der Waals surface area contributed by atoms with Crippen LogP contribution >= 0.6 is 0 Å². The highest BCUT2D eigenvalue weighted by Crippen LogP contribution is 2.40. The van der Waals surface area contributed by atoms with Gasteiger partial charge in [-0.05, 0) is 84.7 Å². The Kier molecular flexibility index (Phi) is 14.2. The Morgan fingerprint density at radius 3 is 2.47 bits per heavy atom. The predicted molar refractivity (Wildman–Crippen MR) is 212 cm³/mol. The van der Waals surface area contributed by atoms with Gasteiger partial charge in [-0.25, -0.2) is 0 Å². The van der Waals surface area contributed by atoms with Crippen molar-refractivity contribution in [2.24, 2.45) is 33.8 Å². The standard InChI is InChI=1S/C41H63N5O11/c1-12-31-41(8,50)36-23(4)32(43-9)21(2)17-40(7,52-20-27(19-51-36)45-53-18-26-13-14-30-28(16-26)44-39(42)55-30)35(24(5)33(47)25(6)37(49)56-31)57-38-34(48)29(46(10)11)15-22(3)54-38/h13-14,16,21-25,29,31,34-36,38,48,50H,12,15,17-20H2,1-11H3,(H2,42,44)/b43-32?,45-27+/t21-,22-,23+,24+,25-,29+,31-,34-,35-,36-,38+,40-,41-/m1/s1. The molecule has 318 valence electrons. The Labute approximate surface area is 335 Å². The number of Topliss-reactive ketones (excluding diaryl/α,β-unsaturated/α-hetero) is 1. The summed E-state index contributed by atoms with van der Waals surface area (Å²) in [5.41, 5.74) is 5.64. The zero-order valence-corrected chi connectivity index (χ0v) is 35.3. The molecule has 3 fully saturated rings. The molecule has 0 spiro atoms. The van der Waals surface area contributed by atoms with Gasteiger partial charge < -0.3 is 53.8 Å².